The van der Waals surface area contributed by atoms with Crippen molar-refractivity contribution in [2.45, 2.75) is 43.8 Å². The molecule has 1 aromatic heterocycles. The zero-order valence-electron chi connectivity index (χ0n) is 23.3. The fraction of sp³-hybridized carbons (Fsp3) is 0.344. The summed E-state index contributed by atoms with van der Waals surface area (Å²) in [5.74, 6) is 0.709. The summed E-state index contributed by atoms with van der Waals surface area (Å²) in [7, 11) is 0. The van der Waals surface area contributed by atoms with Gasteiger partial charge >= 0.3 is 12.4 Å². The van der Waals surface area contributed by atoms with Gasteiger partial charge in [0.1, 0.15) is 11.4 Å². The van der Waals surface area contributed by atoms with Crippen LogP contribution in [0.25, 0.3) is 10.9 Å². The zero-order valence-corrected chi connectivity index (χ0v) is 23.3. The molecule has 4 aromatic rings. The quantitative estimate of drug-likeness (QED) is 0.134. The third-order valence-electron chi connectivity index (χ3n) is 8.88. The maximum atomic E-state index is 13.4. The van der Waals surface area contributed by atoms with Gasteiger partial charge in [-0.15, -0.1) is 6.58 Å². The van der Waals surface area contributed by atoms with Gasteiger partial charge in [-0.05, 0) is 72.7 Å². The lowest BCUT2D eigenvalue weighted by Crippen LogP contribution is -2.56. The van der Waals surface area contributed by atoms with Crippen molar-refractivity contribution in [3.05, 3.63) is 110 Å². The molecular weight excluding hydrogens is 586 g/mol. The fourth-order valence-corrected chi connectivity index (χ4v) is 6.66. The molecule has 3 aliphatic rings. The number of anilines is 2. The summed E-state index contributed by atoms with van der Waals surface area (Å²) in [5.41, 5.74) is -3.60. The molecule has 12 heteroatoms. The van der Waals surface area contributed by atoms with Crippen LogP contribution in [-0.4, -0.2) is 29.0 Å². The Balaban J connectivity index is 1.34. The van der Waals surface area contributed by atoms with Gasteiger partial charge < -0.3 is 10.6 Å². The number of nitrogens with zero attached hydrogens (tertiary/aromatic N) is 2. The molecule has 3 fully saturated rings. The summed E-state index contributed by atoms with van der Waals surface area (Å²) < 4.78 is 80.2. The number of piperidine rings is 3. The van der Waals surface area contributed by atoms with Gasteiger partial charge in [0.15, 0.2) is 0 Å². The van der Waals surface area contributed by atoms with Crippen molar-refractivity contribution < 1.29 is 26.3 Å². The van der Waals surface area contributed by atoms with Crippen LogP contribution in [0.3, 0.4) is 0 Å². The van der Waals surface area contributed by atoms with Gasteiger partial charge in [0.05, 0.1) is 22.7 Å². The highest BCUT2D eigenvalue weighted by Crippen LogP contribution is 2.43. The maximum Gasteiger partial charge on any atom is 0.416 e. The van der Waals surface area contributed by atoms with E-state index in [0.29, 0.717) is 24.0 Å². The first kappa shape index (κ1) is 29.9. The lowest BCUT2D eigenvalue weighted by atomic mass is 9.73. The van der Waals surface area contributed by atoms with E-state index >= 15 is 0 Å². The molecule has 44 heavy (non-hydrogen) atoms. The molecule has 6 nitrogen and oxygen atoms in total. The van der Waals surface area contributed by atoms with E-state index in [1.165, 1.54) is 0 Å². The third-order valence-corrected chi connectivity index (χ3v) is 8.88. The van der Waals surface area contributed by atoms with Crippen LogP contribution in [0.4, 0.5) is 37.7 Å². The normalized spacial score (nSPS) is 22.7. The average molecular weight is 615 g/mol. The number of para-hydroxylation sites is 1. The van der Waals surface area contributed by atoms with Crippen LogP contribution >= 0.6 is 0 Å². The minimum atomic E-state index is -5.01. The Hall–Kier alpha value is -4.19. The van der Waals surface area contributed by atoms with Crippen LogP contribution in [0, 0.1) is 11.8 Å². The van der Waals surface area contributed by atoms with Crippen LogP contribution in [0.5, 0.6) is 0 Å². The molecule has 2 bridgehead atoms. The molecule has 7 rings (SSSR count). The lowest BCUT2D eigenvalue weighted by molar-refractivity contribution is -0.143. The largest absolute Gasteiger partial charge is 0.416 e. The SMILES string of the molecule is C=C[C@H]1CN2CC[C@H]1C[C@@H]2[C@H](Nc1c(NCc2cc(C(F)(F)F)cc(C(F)(F)F)c2)c(=O)c1=O)c1ccnc2ccccc12. The fourth-order valence-electron chi connectivity index (χ4n) is 6.66. The third kappa shape index (κ3) is 5.47. The number of alkyl halides is 6. The second-order valence-electron chi connectivity index (χ2n) is 11.5. The van der Waals surface area contributed by atoms with E-state index < -0.39 is 46.9 Å². The molecule has 4 heterocycles. The summed E-state index contributed by atoms with van der Waals surface area (Å²) in [6.07, 6.45) is -4.58. The predicted octanol–water partition coefficient (Wildman–Crippen LogP) is 6.53. The molecule has 5 atom stereocenters. The molecule has 0 amide bonds. The van der Waals surface area contributed by atoms with Gasteiger partial charge in [0.25, 0.3) is 10.9 Å². The second kappa shape index (κ2) is 11.1. The Morgan fingerprint density at radius 2 is 1.66 bits per heavy atom. The first-order valence-electron chi connectivity index (χ1n) is 14.2. The molecule has 230 valence electrons. The Bertz CT molecular complexity index is 1760. The van der Waals surface area contributed by atoms with E-state index in [4.69, 9.17) is 0 Å². The van der Waals surface area contributed by atoms with Crippen LogP contribution < -0.4 is 21.5 Å². The molecule has 0 aliphatic carbocycles. The molecule has 0 radical (unpaired) electrons. The Labute approximate surface area is 248 Å². The zero-order chi connectivity index (χ0) is 31.4. The summed E-state index contributed by atoms with van der Waals surface area (Å²) in [6.45, 7) is 5.08. The molecule has 3 saturated heterocycles. The molecule has 2 N–H and O–H groups in total. The van der Waals surface area contributed by atoms with Crippen LogP contribution in [0.2, 0.25) is 0 Å². The second-order valence-corrected chi connectivity index (χ2v) is 11.5. The highest BCUT2D eigenvalue weighted by molar-refractivity contribution is 5.83. The molecule has 0 spiro atoms. The number of hydrogen-bond acceptors (Lipinski definition) is 6. The Morgan fingerprint density at radius 3 is 2.30 bits per heavy atom. The van der Waals surface area contributed by atoms with E-state index in [9.17, 15) is 35.9 Å². The molecule has 3 aromatic carbocycles. The first-order chi connectivity index (χ1) is 20.8. The van der Waals surface area contributed by atoms with Crippen molar-refractivity contribution in [3.8, 4) is 0 Å². The average Bonchev–Trinajstić information content (AvgIpc) is 3.01. The number of halogens is 6. The molecule has 0 saturated carbocycles. The predicted molar refractivity (Wildman–Crippen MR) is 155 cm³/mol. The van der Waals surface area contributed by atoms with Gasteiger partial charge in [-0.1, -0.05) is 24.3 Å². The number of aromatic nitrogens is 1. The minimum absolute atomic E-state index is 0.0432. The van der Waals surface area contributed by atoms with Crippen molar-refractivity contribution in [2.24, 2.45) is 11.8 Å². The van der Waals surface area contributed by atoms with Crippen molar-refractivity contribution in [1.82, 2.24) is 9.88 Å². The Morgan fingerprint density at radius 1 is 0.977 bits per heavy atom. The highest BCUT2D eigenvalue weighted by atomic mass is 19.4. The van der Waals surface area contributed by atoms with Gasteiger partial charge in [-0.2, -0.15) is 26.3 Å². The minimum Gasteiger partial charge on any atom is -0.376 e. The highest BCUT2D eigenvalue weighted by Gasteiger charge is 2.44. The van der Waals surface area contributed by atoms with E-state index in [0.717, 1.165) is 42.4 Å². The smallest absolute Gasteiger partial charge is 0.376 e. The van der Waals surface area contributed by atoms with Crippen LogP contribution in [0.15, 0.2) is 77.0 Å². The van der Waals surface area contributed by atoms with Crippen molar-refractivity contribution in [2.75, 3.05) is 23.7 Å². The van der Waals surface area contributed by atoms with Crippen LogP contribution in [0.1, 0.15) is 41.1 Å². The molecule has 1 unspecified atom stereocenters. The van der Waals surface area contributed by atoms with Crippen molar-refractivity contribution >= 4 is 22.3 Å². The number of fused-ring (bicyclic) bond motifs is 4. The summed E-state index contributed by atoms with van der Waals surface area (Å²) in [4.78, 5) is 32.3. The molecule has 3 aliphatic heterocycles. The maximum absolute atomic E-state index is 13.4. The van der Waals surface area contributed by atoms with Gasteiger partial charge in [0, 0.05) is 30.7 Å². The number of pyridine rings is 1. The summed E-state index contributed by atoms with van der Waals surface area (Å²) in [6, 6.07) is 10.1. The van der Waals surface area contributed by atoms with E-state index in [1.54, 1.807) is 6.20 Å². The topological polar surface area (TPSA) is 74.3 Å². The van der Waals surface area contributed by atoms with E-state index in [-0.39, 0.29) is 29.0 Å². The number of rotatable bonds is 8. The first-order valence-corrected chi connectivity index (χ1v) is 14.2. The Kier molecular flexibility index (Phi) is 7.51. The van der Waals surface area contributed by atoms with Crippen molar-refractivity contribution in [1.29, 1.82) is 0 Å². The number of hydrogen-bond donors (Lipinski definition) is 2. The summed E-state index contributed by atoms with van der Waals surface area (Å²) >= 11 is 0. The van der Waals surface area contributed by atoms with Gasteiger partial charge in [-0.3, -0.25) is 19.5 Å². The van der Waals surface area contributed by atoms with Gasteiger partial charge in [0.2, 0.25) is 0 Å². The number of nitrogens with one attached hydrogen (secondary N) is 2. The standard InChI is InChI=1S/C32H28F6N4O2/c1-2-18-16-42-10-8-19(18)13-25(42)26(23-7-9-39-24-6-4-3-5-22(23)24)41-28-27(29(43)30(28)44)40-15-17-11-20(31(33,34)35)14-21(12-17)32(36,37)38/h2-7,9,11-12,14,18-19,25-26,40-41H,1,8,10,13,15-16H2/t18-,19-,25+,26+/m0/s1. The van der Waals surface area contributed by atoms with Crippen molar-refractivity contribution in [3.63, 3.8) is 0 Å². The lowest BCUT2D eigenvalue weighted by Gasteiger charge is -2.52. The summed E-state index contributed by atoms with van der Waals surface area (Å²) in [5, 5.41) is 6.78. The van der Waals surface area contributed by atoms with Crippen LogP contribution in [-0.2, 0) is 18.9 Å². The van der Waals surface area contributed by atoms with Gasteiger partial charge in [-0.25, -0.2) is 0 Å². The van der Waals surface area contributed by atoms with E-state index in [2.05, 4.69) is 27.1 Å². The number of benzene rings is 2. The van der Waals surface area contributed by atoms with E-state index in [1.807, 2.05) is 36.4 Å². The molecular formula is C32H28F6N4O2. The monoisotopic (exact) mass is 614 g/mol.